The summed E-state index contributed by atoms with van der Waals surface area (Å²) in [6.07, 6.45) is 0.221. The molecule has 12 heavy (non-hydrogen) atoms. The topological polar surface area (TPSA) is 20.2 Å². The number of rotatable bonds is 3. The summed E-state index contributed by atoms with van der Waals surface area (Å²) >= 11 is 5.49. The van der Waals surface area contributed by atoms with Crippen molar-refractivity contribution in [2.45, 2.75) is 19.4 Å². The number of aliphatic hydroxyl groups excluding tert-OH is 1. The quantitative estimate of drug-likeness (QED) is 0.714. The van der Waals surface area contributed by atoms with Gasteiger partial charge in [-0.1, -0.05) is 29.8 Å². The Balaban J connectivity index is 2.63. The van der Waals surface area contributed by atoms with Crippen molar-refractivity contribution < 1.29 is 5.11 Å². The van der Waals surface area contributed by atoms with Crippen LogP contribution in [0.4, 0.5) is 0 Å². The molecule has 0 aromatic heterocycles. The Kier molecular flexibility index (Phi) is 3.57. The van der Waals surface area contributed by atoms with E-state index >= 15 is 0 Å². The number of aryl methyl sites for hydroxylation is 1. The molecule has 0 radical (unpaired) electrons. The first kappa shape index (κ1) is 9.56. The summed E-state index contributed by atoms with van der Waals surface area (Å²) in [4.78, 5) is 0. The van der Waals surface area contributed by atoms with Gasteiger partial charge in [0.1, 0.15) is 0 Å². The van der Waals surface area contributed by atoms with Gasteiger partial charge in [-0.2, -0.15) is 0 Å². The molecule has 1 N–H and O–H groups in total. The van der Waals surface area contributed by atoms with Crippen LogP contribution in [0.25, 0.3) is 0 Å². The standard InChI is InChI=1S/C10H13ClO/c1-8-3-2-4-9(5-8)6-10(12)7-11/h2-5,10,12H,6-7H2,1H3/t10-/m1/s1. The second-order valence-electron chi connectivity index (χ2n) is 3.00. The highest BCUT2D eigenvalue weighted by Gasteiger charge is 2.02. The van der Waals surface area contributed by atoms with Gasteiger partial charge in [0, 0.05) is 5.88 Å². The first-order valence-electron chi connectivity index (χ1n) is 4.02. The van der Waals surface area contributed by atoms with E-state index in [1.807, 2.05) is 25.1 Å². The molecule has 0 amide bonds. The van der Waals surface area contributed by atoms with Crippen molar-refractivity contribution in [3.8, 4) is 0 Å². The van der Waals surface area contributed by atoms with Gasteiger partial charge in [-0.15, -0.1) is 11.6 Å². The molecule has 0 aliphatic rings. The molecule has 0 saturated heterocycles. The molecule has 2 heteroatoms. The second-order valence-corrected chi connectivity index (χ2v) is 3.31. The highest BCUT2D eigenvalue weighted by atomic mass is 35.5. The van der Waals surface area contributed by atoms with E-state index in [2.05, 4.69) is 6.07 Å². The zero-order valence-corrected chi connectivity index (χ0v) is 7.88. The summed E-state index contributed by atoms with van der Waals surface area (Å²) in [7, 11) is 0. The lowest BCUT2D eigenvalue weighted by Crippen LogP contribution is -2.11. The van der Waals surface area contributed by atoms with Gasteiger partial charge in [0.05, 0.1) is 6.10 Å². The molecule has 1 aromatic carbocycles. The highest BCUT2D eigenvalue weighted by molar-refractivity contribution is 6.18. The fourth-order valence-electron chi connectivity index (χ4n) is 1.17. The van der Waals surface area contributed by atoms with E-state index in [1.54, 1.807) is 0 Å². The molecule has 0 heterocycles. The Morgan fingerprint density at radius 3 is 2.83 bits per heavy atom. The van der Waals surface area contributed by atoms with Crippen molar-refractivity contribution in [1.29, 1.82) is 0 Å². The number of halogens is 1. The maximum atomic E-state index is 9.27. The van der Waals surface area contributed by atoms with Gasteiger partial charge in [0.2, 0.25) is 0 Å². The Bertz CT molecular complexity index is 247. The molecule has 0 bridgehead atoms. The molecule has 1 atom stereocenters. The van der Waals surface area contributed by atoms with Crippen LogP contribution in [0.2, 0.25) is 0 Å². The molecular weight excluding hydrogens is 172 g/mol. The van der Waals surface area contributed by atoms with E-state index in [0.29, 0.717) is 12.3 Å². The summed E-state index contributed by atoms with van der Waals surface area (Å²) in [5, 5.41) is 9.27. The van der Waals surface area contributed by atoms with Crippen LogP contribution in [0, 0.1) is 6.92 Å². The van der Waals surface area contributed by atoms with Crippen LogP contribution in [-0.2, 0) is 6.42 Å². The molecule has 1 aromatic rings. The van der Waals surface area contributed by atoms with Gasteiger partial charge in [-0.25, -0.2) is 0 Å². The monoisotopic (exact) mass is 184 g/mol. The fourth-order valence-corrected chi connectivity index (χ4v) is 1.27. The third-order valence-corrected chi connectivity index (χ3v) is 2.09. The van der Waals surface area contributed by atoms with E-state index in [-0.39, 0.29) is 0 Å². The van der Waals surface area contributed by atoms with Crippen LogP contribution < -0.4 is 0 Å². The van der Waals surface area contributed by atoms with Gasteiger partial charge < -0.3 is 5.11 Å². The lowest BCUT2D eigenvalue weighted by Gasteiger charge is -2.06. The number of hydrogen-bond donors (Lipinski definition) is 1. The van der Waals surface area contributed by atoms with E-state index in [9.17, 15) is 5.11 Å². The Morgan fingerprint density at radius 1 is 1.50 bits per heavy atom. The van der Waals surface area contributed by atoms with Crippen molar-refractivity contribution in [2.75, 3.05) is 5.88 Å². The minimum absolute atomic E-state index is 0.300. The first-order valence-corrected chi connectivity index (χ1v) is 4.55. The zero-order chi connectivity index (χ0) is 8.97. The predicted octanol–water partition coefficient (Wildman–Crippen LogP) is 2.14. The maximum absolute atomic E-state index is 9.27. The fraction of sp³-hybridized carbons (Fsp3) is 0.400. The number of benzene rings is 1. The summed E-state index contributed by atoms with van der Waals surface area (Å²) in [6.45, 7) is 2.04. The van der Waals surface area contributed by atoms with Crippen molar-refractivity contribution in [3.63, 3.8) is 0 Å². The van der Waals surface area contributed by atoms with Crippen LogP contribution >= 0.6 is 11.6 Å². The summed E-state index contributed by atoms with van der Waals surface area (Å²) < 4.78 is 0. The molecule has 1 rings (SSSR count). The Labute approximate surface area is 78.0 Å². The zero-order valence-electron chi connectivity index (χ0n) is 7.13. The molecule has 0 unspecified atom stereocenters. The van der Waals surface area contributed by atoms with Crippen LogP contribution in [0.3, 0.4) is 0 Å². The summed E-state index contributed by atoms with van der Waals surface area (Å²) in [5.74, 6) is 0.300. The summed E-state index contributed by atoms with van der Waals surface area (Å²) in [5.41, 5.74) is 2.36. The smallest absolute Gasteiger partial charge is 0.0715 e. The minimum Gasteiger partial charge on any atom is -0.392 e. The SMILES string of the molecule is Cc1cccc(C[C@@H](O)CCl)c1. The van der Waals surface area contributed by atoms with E-state index in [0.717, 1.165) is 5.56 Å². The lowest BCUT2D eigenvalue weighted by atomic mass is 10.1. The number of hydrogen-bond acceptors (Lipinski definition) is 1. The molecule has 1 nitrogen and oxygen atoms in total. The van der Waals surface area contributed by atoms with Gasteiger partial charge in [0.15, 0.2) is 0 Å². The predicted molar refractivity (Wildman–Crippen MR) is 51.6 cm³/mol. The normalized spacial score (nSPS) is 12.9. The highest BCUT2D eigenvalue weighted by Crippen LogP contribution is 2.07. The Morgan fingerprint density at radius 2 is 2.25 bits per heavy atom. The van der Waals surface area contributed by atoms with Crippen LogP contribution in [0.5, 0.6) is 0 Å². The third-order valence-electron chi connectivity index (χ3n) is 1.73. The first-order chi connectivity index (χ1) is 5.72. The molecule has 0 aliphatic heterocycles. The van der Waals surface area contributed by atoms with E-state index in [1.165, 1.54) is 5.56 Å². The molecule has 66 valence electrons. The molecule has 0 spiro atoms. The van der Waals surface area contributed by atoms with Gasteiger partial charge in [-0.05, 0) is 18.9 Å². The molecule has 0 fully saturated rings. The van der Waals surface area contributed by atoms with Crippen molar-refractivity contribution in [1.82, 2.24) is 0 Å². The van der Waals surface area contributed by atoms with E-state index < -0.39 is 6.10 Å². The van der Waals surface area contributed by atoms with Crippen molar-refractivity contribution >= 4 is 11.6 Å². The largest absolute Gasteiger partial charge is 0.392 e. The third kappa shape index (κ3) is 2.84. The second kappa shape index (κ2) is 4.48. The van der Waals surface area contributed by atoms with Crippen LogP contribution in [-0.4, -0.2) is 17.1 Å². The van der Waals surface area contributed by atoms with Crippen molar-refractivity contribution in [2.24, 2.45) is 0 Å². The van der Waals surface area contributed by atoms with Crippen LogP contribution in [0.15, 0.2) is 24.3 Å². The summed E-state index contributed by atoms with van der Waals surface area (Å²) in [6, 6.07) is 8.10. The van der Waals surface area contributed by atoms with Gasteiger partial charge in [0.25, 0.3) is 0 Å². The Hall–Kier alpha value is -0.530. The van der Waals surface area contributed by atoms with Crippen molar-refractivity contribution in [3.05, 3.63) is 35.4 Å². The number of alkyl halides is 1. The average Bonchev–Trinajstić information content (AvgIpc) is 2.04. The van der Waals surface area contributed by atoms with E-state index in [4.69, 9.17) is 11.6 Å². The van der Waals surface area contributed by atoms with Gasteiger partial charge >= 0.3 is 0 Å². The lowest BCUT2D eigenvalue weighted by molar-refractivity contribution is 0.199. The molecule has 0 saturated carbocycles. The molecule has 0 aliphatic carbocycles. The van der Waals surface area contributed by atoms with Gasteiger partial charge in [-0.3, -0.25) is 0 Å². The maximum Gasteiger partial charge on any atom is 0.0715 e. The minimum atomic E-state index is -0.423. The number of aliphatic hydroxyl groups is 1. The molecular formula is C10H13ClO. The average molecular weight is 185 g/mol. The van der Waals surface area contributed by atoms with Crippen LogP contribution in [0.1, 0.15) is 11.1 Å².